The molecule has 0 aliphatic heterocycles. The van der Waals surface area contributed by atoms with E-state index in [1.165, 1.54) is 0 Å². The first-order chi connectivity index (χ1) is 8.24. The third-order valence-electron chi connectivity index (χ3n) is 2.42. The molecule has 0 bridgehead atoms. The van der Waals surface area contributed by atoms with Crippen LogP contribution >= 0.6 is 0 Å². The molecular formula is C12H12N4O. The van der Waals surface area contributed by atoms with E-state index in [0.717, 1.165) is 23.2 Å². The van der Waals surface area contributed by atoms with Gasteiger partial charge in [0.15, 0.2) is 12.1 Å². The number of aryl methyl sites for hydroxylation is 2. The van der Waals surface area contributed by atoms with Crippen LogP contribution in [-0.2, 0) is 6.42 Å². The van der Waals surface area contributed by atoms with Crippen molar-refractivity contribution in [2.45, 2.75) is 20.3 Å². The summed E-state index contributed by atoms with van der Waals surface area (Å²) in [5.74, 6) is 0.884. The van der Waals surface area contributed by atoms with Crippen LogP contribution in [0.1, 0.15) is 28.9 Å². The second kappa shape index (κ2) is 4.78. The first-order valence-electron chi connectivity index (χ1n) is 5.34. The van der Waals surface area contributed by atoms with Crippen molar-refractivity contribution in [3.63, 3.8) is 0 Å². The normalized spacial score (nSPS) is 10.2. The Labute approximate surface area is 99.0 Å². The van der Waals surface area contributed by atoms with E-state index in [2.05, 4.69) is 19.9 Å². The molecule has 0 N–H and O–H groups in total. The number of nitrogens with zero attached hydrogens (tertiary/aromatic N) is 4. The maximum Gasteiger partial charge on any atom is 0.193 e. The zero-order valence-corrected chi connectivity index (χ0v) is 9.71. The van der Waals surface area contributed by atoms with Gasteiger partial charge in [-0.2, -0.15) is 0 Å². The van der Waals surface area contributed by atoms with Gasteiger partial charge in [0.2, 0.25) is 0 Å². The summed E-state index contributed by atoms with van der Waals surface area (Å²) in [6.07, 6.45) is 6.52. The molecule has 0 spiro atoms. The summed E-state index contributed by atoms with van der Waals surface area (Å²) in [5.41, 5.74) is 2.51. The standard InChI is InChI=1S/C12H12N4O/c1-3-9-4-15-11(7-17)16-12(9)10-5-13-8(2)14-6-10/h4-7H,3H2,1-2H3. The minimum Gasteiger partial charge on any atom is -0.294 e. The fourth-order valence-electron chi connectivity index (χ4n) is 1.50. The van der Waals surface area contributed by atoms with Crippen molar-refractivity contribution in [1.29, 1.82) is 0 Å². The van der Waals surface area contributed by atoms with Gasteiger partial charge in [-0.1, -0.05) is 6.92 Å². The molecule has 2 aromatic rings. The molecule has 0 aliphatic rings. The summed E-state index contributed by atoms with van der Waals surface area (Å²) < 4.78 is 0. The molecule has 0 radical (unpaired) electrons. The Morgan fingerprint density at radius 3 is 2.47 bits per heavy atom. The van der Waals surface area contributed by atoms with Gasteiger partial charge in [-0.15, -0.1) is 0 Å². The Morgan fingerprint density at radius 1 is 1.18 bits per heavy atom. The molecule has 86 valence electrons. The fraction of sp³-hybridized carbons (Fsp3) is 0.250. The number of hydrogen-bond acceptors (Lipinski definition) is 5. The highest BCUT2D eigenvalue weighted by Crippen LogP contribution is 2.19. The van der Waals surface area contributed by atoms with Crippen LogP contribution in [0.5, 0.6) is 0 Å². The van der Waals surface area contributed by atoms with Gasteiger partial charge in [0.1, 0.15) is 5.82 Å². The molecular weight excluding hydrogens is 216 g/mol. The smallest absolute Gasteiger partial charge is 0.193 e. The SMILES string of the molecule is CCc1cnc(C=O)nc1-c1cnc(C)nc1. The maximum atomic E-state index is 10.7. The molecule has 2 aromatic heterocycles. The van der Waals surface area contributed by atoms with Crippen LogP contribution in [0.15, 0.2) is 18.6 Å². The number of hydrogen-bond donors (Lipinski definition) is 0. The summed E-state index contributed by atoms with van der Waals surface area (Å²) in [6, 6.07) is 0. The molecule has 0 saturated carbocycles. The Balaban J connectivity index is 2.55. The van der Waals surface area contributed by atoms with Gasteiger partial charge in [-0.05, 0) is 18.9 Å². The maximum absolute atomic E-state index is 10.7. The monoisotopic (exact) mass is 228 g/mol. The van der Waals surface area contributed by atoms with Crippen molar-refractivity contribution < 1.29 is 4.79 Å². The Kier molecular flexibility index (Phi) is 3.18. The third kappa shape index (κ3) is 2.33. The zero-order valence-electron chi connectivity index (χ0n) is 9.71. The van der Waals surface area contributed by atoms with E-state index in [-0.39, 0.29) is 5.82 Å². The number of rotatable bonds is 3. The van der Waals surface area contributed by atoms with Crippen molar-refractivity contribution in [3.05, 3.63) is 35.8 Å². The summed E-state index contributed by atoms with van der Waals surface area (Å²) >= 11 is 0. The molecule has 17 heavy (non-hydrogen) atoms. The van der Waals surface area contributed by atoms with Gasteiger partial charge >= 0.3 is 0 Å². The average molecular weight is 228 g/mol. The molecule has 0 unspecified atom stereocenters. The highest BCUT2D eigenvalue weighted by Gasteiger charge is 2.08. The van der Waals surface area contributed by atoms with E-state index < -0.39 is 0 Å². The van der Waals surface area contributed by atoms with E-state index in [0.29, 0.717) is 12.1 Å². The molecule has 0 saturated heterocycles. The lowest BCUT2D eigenvalue weighted by molar-refractivity contribution is 0.111. The topological polar surface area (TPSA) is 68.6 Å². The van der Waals surface area contributed by atoms with E-state index in [9.17, 15) is 4.79 Å². The van der Waals surface area contributed by atoms with Gasteiger partial charge in [0, 0.05) is 24.2 Å². The second-order valence-electron chi connectivity index (χ2n) is 3.59. The van der Waals surface area contributed by atoms with Gasteiger partial charge in [-0.25, -0.2) is 19.9 Å². The minimum absolute atomic E-state index is 0.178. The molecule has 2 rings (SSSR count). The summed E-state index contributed by atoms with van der Waals surface area (Å²) in [5, 5.41) is 0. The van der Waals surface area contributed by atoms with Gasteiger partial charge < -0.3 is 0 Å². The van der Waals surface area contributed by atoms with Crippen molar-refractivity contribution in [2.75, 3.05) is 0 Å². The number of carbonyl (C=O) groups excluding carboxylic acids is 1. The Bertz CT molecular complexity index is 537. The molecule has 5 heteroatoms. The molecule has 0 aliphatic carbocycles. The van der Waals surface area contributed by atoms with Crippen LogP contribution < -0.4 is 0 Å². The first-order valence-corrected chi connectivity index (χ1v) is 5.34. The predicted octanol–water partition coefficient (Wildman–Crippen LogP) is 1.62. The number of carbonyl (C=O) groups is 1. The number of aldehydes is 1. The molecule has 0 amide bonds. The summed E-state index contributed by atoms with van der Waals surface area (Å²) in [4.78, 5) is 27.1. The highest BCUT2D eigenvalue weighted by molar-refractivity contribution is 5.71. The van der Waals surface area contributed by atoms with Gasteiger partial charge in [0.05, 0.1) is 5.69 Å². The highest BCUT2D eigenvalue weighted by atomic mass is 16.1. The molecule has 0 fully saturated rings. The summed E-state index contributed by atoms with van der Waals surface area (Å²) in [6.45, 7) is 3.83. The van der Waals surface area contributed by atoms with Crippen LogP contribution in [0.4, 0.5) is 0 Å². The predicted molar refractivity (Wildman–Crippen MR) is 62.6 cm³/mol. The Morgan fingerprint density at radius 2 is 1.88 bits per heavy atom. The average Bonchev–Trinajstić information content (AvgIpc) is 2.39. The Hall–Kier alpha value is -2.17. The lowest BCUT2D eigenvalue weighted by Crippen LogP contribution is -2.00. The van der Waals surface area contributed by atoms with Crippen molar-refractivity contribution in [1.82, 2.24) is 19.9 Å². The molecule has 0 aromatic carbocycles. The largest absolute Gasteiger partial charge is 0.294 e. The van der Waals surface area contributed by atoms with Crippen molar-refractivity contribution in [3.8, 4) is 11.3 Å². The van der Waals surface area contributed by atoms with Crippen LogP contribution in [0, 0.1) is 6.92 Å². The minimum atomic E-state index is 0.178. The van der Waals surface area contributed by atoms with E-state index in [4.69, 9.17) is 0 Å². The van der Waals surface area contributed by atoms with Crippen molar-refractivity contribution in [2.24, 2.45) is 0 Å². The van der Waals surface area contributed by atoms with Crippen LogP contribution in [0.2, 0.25) is 0 Å². The van der Waals surface area contributed by atoms with E-state index in [1.807, 2.05) is 13.8 Å². The zero-order chi connectivity index (χ0) is 12.3. The van der Waals surface area contributed by atoms with Crippen LogP contribution in [0.25, 0.3) is 11.3 Å². The van der Waals surface area contributed by atoms with E-state index in [1.54, 1.807) is 18.6 Å². The molecule has 2 heterocycles. The summed E-state index contributed by atoms with van der Waals surface area (Å²) in [7, 11) is 0. The molecule has 0 atom stereocenters. The van der Waals surface area contributed by atoms with Gasteiger partial charge in [-0.3, -0.25) is 4.79 Å². The van der Waals surface area contributed by atoms with Crippen LogP contribution in [-0.4, -0.2) is 26.2 Å². The van der Waals surface area contributed by atoms with E-state index >= 15 is 0 Å². The third-order valence-corrected chi connectivity index (χ3v) is 2.42. The first kappa shape index (κ1) is 11.3. The lowest BCUT2D eigenvalue weighted by Gasteiger charge is -2.06. The lowest BCUT2D eigenvalue weighted by atomic mass is 10.1. The van der Waals surface area contributed by atoms with Crippen LogP contribution in [0.3, 0.4) is 0 Å². The second-order valence-corrected chi connectivity index (χ2v) is 3.59. The number of aromatic nitrogens is 4. The van der Waals surface area contributed by atoms with Crippen molar-refractivity contribution >= 4 is 6.29 Å². The quantitative estimate of drug-likeness (QED) is 0.746. The molecule has 5 nitrogen and oxygen atoms in total. The van der Waals surface area contributed by atoms with Gasteiger partial charge in [0.25, 0.3) is 0 Å². The fourth-order valence-corrected chi connectivity index (χ4v) is 1.50.